The molecular formula is C23H25NO. The van der Waals surface area contributed by atoms with Crippen molar-refractivity contribution in [3.05, 3.63) is 108 Å². The highest BCUT2D eigenvalue weighted by molar-refractivity contribution is 5.29. The molecule has 2 heteroatoms. The summed E-state index contributed by atoms with van der Waals surface area (Å²) in [5, 5.41) is 3.47. The third kappa shape index (κ3) is 5.56. The molecule has 0 aliphatic heterocycles. The van der Waals surface area contributed by atoms with E-state index in [1.54, 1.807) is 0 Å². The van der Waals surface area contributed by atoms with E-state index >= 15 is 0 Å². The van der Waals surface area contributed by atoms with Gasteiger partial charge in [-0.2, -0.15) is 0 Å². The summed E-state index contributed by atoms with van der Waals surface area (Å²) in [4.78, 5) is 0. The van der Waals surface area contributed by atoms with Crippen LogP contribution < -0.4 is 5.32 Å². The van der Waals surface area contributed by atoms with Crippen LogP contribution in [0.2, 0.25) is 0 Å². The van der Waals surface area contributed by atoms with Crippen molar-refractivity contribution in [2.45, 2.75) is 12.5 Å². The van der Waals surface area contributed by atoms with Crippen molar-refractivity contribution >= 4 is 0 Å². The summed E-state index contributed by atoms with van der Waals surface area (Å²) >= 11 is 0. The van der Waals surface area contributed by atoms with E-state index in [4.69, 9.17) is 4.74 Å². The standard InChI is InChI=1S/C23H25NO/c1-4-10-20(11-5-1)16-17-24-18-19-25-23(21-12-6-2-7-13-21)22-14-8-3-9-15-22/h1-15,23-24H,16-19H2. The SMILES string of the molecule is c1ccc(CCNCCOC(c2ccccc2)c2ccccc2)cc1. The fourth-order valence-electron chi connectivity index (χ4n) is 2.89. The molecule has 0 aliphatic rings. The van der Waals surface area contributed by atoms with Crippen LogP contribution in [0.15, 0.2) is 91.0 Å². The van der Waals surface area contributed by atoms with E-state index < -0.39 is 0 Å². The van der Waals surface area contributed by atoms with Gasteiger partial charge in [-0.25, -0.2) is 0 Å². The van der Waals surface area contributed by atoms with Crippen molar-refractivity contribution in [1.29, 1.82) is 0 Å². The molecule has 0 aliphatic carbocycles. The van der Waals surface area contributed by atoms with Crippen LogP contribution >= 0.6 is 0 Å². The maximum Gasteiger partial charge on any atom is 0.108 e. The van der Waals surface area contributed by atoms with Crippen LogP contribution in [0.1, 0.15) is 22.8 Å². The maximum absolute atomic E-state index is 6.20. The Bertz CT molecular complexity index is 673. The lowest BCUT2D eigenvalue weighted by atomic mass is 10.0. The Morgan fingerprint density at radius 1 is 0.640 bits per heavy atom. The van der Waals surface area contributed by atoms with E-state index in [2.05, 4.69) is 84.2 Å². The third-order valence-electron chi connectivity index (χ3n) is 4.20. The number of hydrogen-bond acceptors (Lipinski definition) is 2. The second-order valence-corrected chi connectivity index (χ2v) is 6.06. The average molecular weight is 331 g/mol. The Morgan fingerprint density at radius 2 is 1.16 bits per heavy atom. The molecule has 0 aromatic heterocycles. The molecule has 0 fully saturated rings. The van der Waals surface area contributed by atoms with Crippen LogP contribution in [0.25, 0.3) is 0 Å². The molecule has 3 aromatic carbocycles. The van der Waals surface area contributed by atoms with Crippen LogP contribution in [0, 0.1) is 0 Å². The van der Waals surface area contributed by atoms with Crippen LogP contribution in [-0.4, -0.2) is 19.7 Å². The number of ether oxygens (including phenoxy) is 1. The van der Waals surface area contributed by atoms with Gasteiger partial charge < -0.3 is 10.1 Å². The molecule has 25 heavy (non-hydrogen) atoms. The molecule has 2 nitrogen and oxygen atoms in total. The van der Waals surface area contributed by atoms with Gasteiger partial charge in [-0.1, -0.05) is 91.0 Å². The van der Waals surface area contributed by atoms with E-state index in [9.17, 15) is 0 Å². The van der Waals surface area contributed by atoms with Crippen molar-refractivity contribution in [2.24, 2.45) is 0 Å². The van der Waals surface area contributed by atoms with E-state index in [0.717, 1.165) is 19.5 Å². The second kappa shape index (κ2) is 9.77. The van der Waals surface area contributed by atoms with Gasteiger partial charge in [-0.3, -0.25) is 0 Å². The van der Waals surface area contributed by atoms with E-state index in [1.165, 1.54) is 16.7 Å². The summed E-state index contributed by atoms with van der Waals surface area (Å²) < 4.78 is 6.20. The molecule has 1 N–H and O–H groups in total. The zero-order valence-electron chi connectivity index (χ0n) is 14.5. The van der Waals surface area contributed by atoms with Crippen molar-refractivity contribution in [3.63, 3.8) is 0 Å². The van der Waals surface area contributed by atoms with Gasteiger partial charge in [0.15, 0.2) is 0 Å². The van der Waals surface area contributed by atoms with E-state index in [1.807, 2.05) is 12.1 Å². The first-order valence-electron chi connectivity index (χ1n) is 8.89. The average Bonchev–Trinajstić information content (AvgIpc) is 2.69. The zero-order valence-corrected chi connectivity index (χ0v) is 14.5. The highest BCUT2D eigenvalue weighted by Gasteiger charge is 2.13. The van der Waals surface area contributed by atoms with Crippen LogP contribution in [0.5, 0.6) is 0 Å². The summed E-state index contributed by atoms with van der Waals surface area (Å²) in [7, 11) is 0. The van der Waals surface area contributed by atoms with Gasteiger partial charge in [0, 0.05) is 6.54 Å². The first-order valence-corrected chi connectivity index (χ1v) is 8.89. The first-order chi connectivity index (χ1) is 12.4. The van der Waals surface area contributed by atoms with Gasteiger partial charge >= 0.3 is 0 Å². The minimum atomic E-state index is -0.0154. The van der Waals surface area contributed by atoms with Crippen molar-refractivity contribution in [1.82, 2.24) is 5.32 Å². The lowest BCUT2D eigenvalue weighted by Gasteiger charge is -2.19. The molecule has 128 valence electrons. The molecule has 0 heterocycles. The topological polar surface area (TPSA) is 21.3 Å². The molecular weight excluding hydrogens is 306 g/mol. The maximum atomic E-state index is 6.20. The van der Waals surface area contributed by atoms with Crippen molar-refractivity contribution in [2.75, 3.05) is 19.7 Å². The number of hydrogen-bond donors (Lipinski definition) is 1. The fourth-order valence-corrected chi connectivity index (χ4v) is 2.89. The number of rotatable bonds is 9. The quantitative estimate of drug-likeness (QED) is 0.578. The monoisotopic (exact) mass is 331 g/mol. The Labute approximate surface area is 150 Å². The summed E-state index contributed by atoms with van der Waals surface area (Å²) in [6.45, 7) is 2.50. The summed E-state index contributed by atoms with van der Waals surface area (Å²) in [6.07, 6.45) is 1.03. The summed E-state index contributed by atoms with van der Waals surface area (Å²) in [5.74, 6) is 0. The molecule has 0 atom stereocenters. The predicted molar refractivity (Wildman–Crippen MR) is 104 cm³/mol. The molecule has 0 radical (unpaired) electrons. The Kier molecular flexibility index (Phi) is 6.80. The highest BCUT2D eigenvalue weighted by Crippen LogP contribution is 2.25. The smallest absolute Gasteiger partial charge is 0.108 e. The minimum absolute atomic E-state index is 0.0154. The molecule has 0 amide bonds. The molecule has 0 unspecified atom stereocenters. The lowest BCUT2D eigenvalue weighted by molar-refractivity contribution is 0.0822. The molecule has 0 saturated carbocycles. The van der Waals surface area contributed by atoms with Crippen molar-refractivity contribution < 1.29 is 4.74 Å². The Morgan fingerprint density at radius 3 is 1.72 bits per heavy atom. The third-order valence-corrected chi connectivity index (χ3v) is 4.20. The van der Waals surface area contributed by atoms with Crippen molar-refractivity contribution in [3.8, 4) is 0 Å². The second-order valence-electron chi connectivity index (χ2n) is 6.06. The normalized spacial score (nSPS) is 10.9. The molecule has 0 saturated heterocycles. The molecule has 3 aromatic rings. The van der Waals surface area contributed by atoms with Crippen LogP contribution in [-0.2, 0) is 11.2 Å². The molecule has 0 spiro atoms. The Balaban J connectivity index is 1.48. The predicted octanol–water partition coefficient (Wildman–Crippen LogP) is 4.62. The van der Waals surface area contributed by atoms with Gasteiger partial charge in [0.1, 0.15) is 6.10 Å². The first kappa shape index (κ1) is 17.4. The fraction of sp³-hybridized carbons (Fsp3) is 0.217. The van der Waals surface area contributed by atoms with E-state index in [-0.39, 0.29) is 6.10 Å². The zero-order chi connectivity index (χ0) is 17.2. The number of nitrogens with one attached hydrogen (secondary N) is 1. The minimum Gasteiger partial charge on any atom is -0.367 e. The van der Waals surface area contributed by atoms with Crippen LogP contribution in [0.3, 0.4) is 0 Å². The molecule has 0 bridgehead atoms. The van der Waals surface area contributed by atoms with Gasteiger partial charge in [0.25, 0.3) is 0 Å². The van der Waals surface area contributed by atoms with Gasteiger partial charge in [0.2, 0.25) is 0 Å². The van der Waals surface area contributed by atoms with Crippen LogP contribution in [0.4, 0.5) is 0 Å². The summed E-state index contributed by atoms with van der Waals surface area (Å²) in [6, 6.07) is 31.4. The number of benzene rings is 3. The van der Waals surface area contributed by atoms with Gasteiger partial charge in [-0.15, -0.1) is 0 Å². The summed E-state index contributed by atoms with van der Waals surface area (Å²) in [5.41, 5.74) is 3.75. The Hall–Kier alpha value is -2.42. The van der Waals surface area contributed by atoms with E-state index in [0.29, 0.717) is 6.61 Å². The van der Waals surface area contributed by atoms with Gasteiger partial charge in [-0.05, 0) is 29.7 Å². The lowest BCUT2D eigenvalue weighted by Crippen LogP contribution is -2.23. The van der Waals surface area contributed by atoms with Gasteiger partial charge in [0.05, 0.1) is 6.61 Å². The highest BCUT2D eigenvalue weighted by atomic mass is 16.5. The molecule has 3 rings (SSSR count). The largest absolute Gasteiger partial charge is 0.367 e.